The third-order valence-electron chi connectivity index (χ3n) is 2.81. The molecule has 6 heteroatoms. The van der Waals surface area contributed by atoms with Crippen LogP contribution in [0.5, 0.6) is 0 Å². The Morgan fingerprint density at radius 3 is 2.63 bits per heavy atom. The number of carbonyl (C=O) groups is 2. The molecule has 0 aromatic carbocycles. The Morgan fingerprint density at radius 1 is 1.42 bits per heavy atom. The lowest BCUT2D eigenvalue weighted by Gasteiger charge is -2.05. The van der Waals surface area contributed by atoms with Gasteiger partial charge in [-0.3, -0.25) is 0 Å². The summed E-state index contributed by atoms with van der Waals surface area (Å²) in [6.07, 6.45) is 1.64. The Hall–Kier alpha value is -2.37. The lowest BCUT2D eigenvalue weighted by Crippen LogP contribution is -2.03. The molecule has 6 nitrogen and oxygen atoms in total. The van der Waals surface area contributed by atoms with E-state index in [1.165, 1.54) is 13.2 Å². The first-order chi connectivity index (χ1) is 8.95. The Labute approximate surface area is 109 Å². The van der Waals surface area contributed by atoms with Crippen LogP contribution in [0.3, 0.4) is 0 Å². The number of imidazole rings is 1. The van der Waals surface area contributed by atoms with Crippen LogP contribution in [-0.4, -0.2) is 33.5 Å². The SMILES string of the molecule is COC(=O)c1ccn2c(C(C)C)nc(C(=O)O)c2c1. The molecule has 0 atom stereocenters. The second-order valence-corrected chi connectivity index (χ2v) is 4.44. The number of carboxylic acids is 1. The van der Waals surface area contributed by atoms with Crippen LogP contribution in [0.4, 0.5) is 0 Å². The summed E-state index contributed by atoms with van der Waals surface area (Å²) >= 11 is 0. The van der Waals surface area contributed by atoms with Crippen LogP contribution in [0.25, 0.3) is 5.52 Å². The van der Waals surface area contributed by atoms with E-state index in [0.29, 0.717) is 16.9 Å². The molecule has 19 heavy (non-hydrogen) atoms. The molecular formula is C13H14N2O4. The van der Waals surface area contributed by atoms with E-state index in [-0.39, 0.29) is 11.6 Å². The van der Waals surface area contributed by atoms with E-state index in [1.807, 2.05) is 13.8 Å². The number of hydrogen-bond donors (Lipinski definition) is 1. The number of esters is 1. The molecule has 0 amide bonds. The van der Waals surface area contributed by atoms with E-state index in [9.17, 15) is 14.7 Å². The Morgan fingerprint density at radius 2 is 2.11 bits per heavy atom. The highest BCUT2D eigenvalue weighted by Gasteiger charge is 2.19. The Bertz CT molecular complexity index is 658. The van der Waals surface area contributed by atoms with E-state index in [0.717, 1.165) is 0 Å². The van der Waals surface area contributed by atoms with Crippen molar-refractivity contribution in [3.8, 4) is 0 Å². The number of carbonyl (C=O) groups excluding carboxylic acids is 1. The average Bonchev–Trinajstić information content (AvgIpc) is 2.76. The summed E-state index contributed by atoms with van der Waals surface area (Å²) in [7, 11) is 1.28. The molecule has 0 fully saturated rings. The number of pyridine rings is 1. The highest BCUT2D eigenvalue weighted by molar-refractivity contribution is 5.97. The zero-order valence-corrected chi connectivity index (χ0v) is 10.9. The van der Waals surface area contributed by atoms with E-state index < -0.39 is 11.9 Å². The summed E-state index contributed by atoms with van der Waals surface area (Å²) in [6.45, 7) is 3.85. The van der Waals surface area contributed by atoms with Gasteiger partial charge in [0.2, 0.25) is 0 Å². The third kappa shape index (κ3) is 2.16. The van der Waals surface area contributed by atoms with Gasteiger partial charge in [-0.15, -0.1) is 0 Å². The first-order valence-electron chi connectivity index (χ1n) is 5.79. The van der Waals surface area contributed by atoms with Crippen molar-refractivity contribution < 1.29 is 19.4 Å². The fraction of sp³-hybridized carbons (Fsp3) is 0.308. The minimum absolute atomic E-state index is 0.0607. The van der Waals surface area contributed by atoms with Crippen molar-refractivity contribution in [2.45, 2.75) is 19.8 Å². The van der Waals surface area contributed by atoms with Gasteiger partial charge in [0, 0.05) is 12.1 Å². The molecule has 0 spiro atoms. The maximum Gasteiger partial charge on any atom is 0.356 e. The maximum atomic E-state index is 11.5. The van der Waals surface area contributed by atoms with Gasteiger partial charge < -0.3 is 14.2 Å². The first kappa shape index (κ1) is 13.1. The third-order valence-corrected chi connectivity index (χ3v) is 2.81. The quantitative estimate of drug-likeness (QED) is 0.855. The zero-order chi connectivity index (χ0) is 14.2. The molecule has 2 heterocycles. The van der Waals surface area contributed by atoms with E-state index in [1.54, 1.807) is 16.7 Å². The van der Waals surface area contributed by atoms with E-state index in [4.69, 9.17) is 0 Å². The fourth-order valence-corrected chi connectivity index (χ4v) is 1.92. The summed E-state index contributed by atoms with van der Waals surface area (Å²) in [5.41, 5.74) is 0.626. The number of fused-ring (bicyclic) bond motifs is 1. The van der Waals surface area contributed by atoms with Crippen molar-refractivity contribution in [2.75, 3.05) is 7.11 Å². The van der Waals surface area contributed by atoms with Crippen LogP contribution in [0, 0.1) is 0 Å². The number of carboxylic acid groups (broad SMARTS) is 1. The van der Waals surface area contributed by atoms with Crippen molar-refractivity contribution in [3.63, 3.8) is 0 Å². The largest absolute Gasteiger partial charge is 0.476 e. The monoisotopic (exact) mass is 262 g/mol. The van der Waals surface area contributed by atoms with Gasteiger partial charge in [-0.2, -0.15) is 0 Å². The molecule has 0 unspecified atom stereocenters. The predicted molar refractivity (Wildman–Crippen MR) is 67.6 cm³/mol. The number of nitrogens with zero attached hydrogens (tertiary/aromatic N) is 2. The first-order valence-corrected chi connectivity index (χ1v) is 5.79. The number of aromatic carboxylic acids is 1. The van der Waals surface area contributed by atoms with Gasteiger partial charge in [-0.1, -0.05) is 13.8 Å². The van der Waals surface area contributed by atoms with Gasteiger partial charge in [0.25, 0.3) is 0 Å². The van der Waals surface area contributed by atoms with Crippen LogP contribution in [0.15, 0.2) is 18.3 Å². The summed E-state index contributed by atoms with van der Waals surface area (Å²) in [4.78, 5) is 26.8. The number of methoxy groups -OCH3 is 1. The molecule has 0 aliphatic heterocycles. The molecule has 2 aromatic rings. The van der Waals surface area contributed by atoms with Gasteiger partial charge in [0.1, 0.15) is 5.82 Å². The Balaban J connectivity index is 2.73. The van der Waals surface area contributed by atoms with Crippen LogP contribution < -0.4 is 0 Å². The molecule has 2 aromatic heterocycles. The van der Waals surface area contributed by atoms with E-state index in [2.05, 4.69) is 9.72 Å². The van der Waals surface area contributed by atoms with Crippen molar-refractivity contribution in [1.82, 2.24) is 9.38 Å². The topological polar surface area (TPSA) is 80.9 Å². The van der Waals surface area contributed by atoms with Gasteiger partial charge in [-0.05, 0) is 12.1 Å². The smallest absolute Gasteiger partial charge is 0.356 e. The lowest BCUT2D eigenvalue weighted by molar-refractivity contribution is 0.0599. The van der Waals surface area contributed by atoms with Gasteiger partial charge >= 0.3 is 11.9 Å². The molecule has 0 saturated heterocycles. The van der Waals surface area contributed by atoms with Crippen molar-refractivity contribution in [1.29, 1.82) is 0 Å². The highest BCUT2D eigenvalue weighted by atomic mass is 16.5. The molecule has 1 N–H and O–H groups in total. The number of hydrogen-bond acceptors (Lipinski definition) is 4. The summed E-state index contributed by atoms with van der Waals surface area (Å²) in [6, 6.07) is 3.06. The van der Waals surface area contributed by atoms with E-state index >= 15 is 0 Å². The standard InChI is InChI=1S/C13H14N2O4/c1-7(2)11-14-10(12(16)17)9-6-8(13(18)19-3)4-5-15(9)11/h4-7H,1-3H3,(H,16,17). The Kier molecular flexibility index (Phi) is 3.25. The number of ether oxygens (including phenoxy) is 1. The minimum Gasteiger partial charge on any atom is -0.476 e. The second-order valence-electron chi connectivity index (χ2n) is 4.44. The van der Waals surface area contributed by atoms with Crippen molar-refractivity contribution in [2.24, 2.45) is 0 Å². The summed E-state index contributed by atoms with van der Waals surface area (Å²) in [5, 5.41) is 9.17. The lowest BCUT2D eigenvalue weighted by atomic mass is 10.2. The predicted octanol–water partition coefficient (Wildman–Crippen LogP) is 1.94. The molecule has 2 rings (SSSR count). The summed E-state index contributed by atoms with van der Waals surface area (Å²) in [5.74, 6) is -0.911. The molecule has 0 aliphatic carbocycles. The van der Waals surface area contributed by atoms with Gasteiger partial charge in [-0.25, -0.2) is 14.6 Å². The second kappa shape index (κ2) is 4.72. The molecule has 0 bridgehead atoms. The van der Waals surface area contributed by atoms with Gasteiger partial charge in [0.05, 0.1) is 18.2 Å². The van der Waals surface area contributed by atoms with Crippen LogP contribution >= 0.6 is 0 Å². The van der Waals surface area contributed by atoms with Crippen LogP contribution in [-0.2, 0) is 4.74 Å². The summed E-state index contributed by atoms with van der Waals surface area (Å²) < 4.78 is 6.30. The zero-order valence-electron chi connectivity index (χ0n) is 10.9. The highest BCUT2D eigenvalue weighted by Crippen LogP contribution is 2.21. The van der Waals surface area contributed by atoms with Crippen molar-refractivity contribution >= 4 is 17.5 Å². The normalized spacial score (nSPS) is 10.9. The molecule has 100 valence electrons. The number of aromatic nitrogens is 2. The molecule has 0 aliphatic rings. The minimum atomic E-state index is -1.12. The fourth-order valence-electron chi connectivity index (χ4n) is 1.92. The average molecular weight is 262 g/mol. The molecular weight excluding hydrogens is 248 g/mol. The molecule has 0 radical (unpaired) electrons. The van der Waals surface area contributed by atoms with Crippen LogP contribution in [0.2, 0.25) is 0 Å². The van der Waals surface area contributed by atoms with Crippen molar-refractivity contribution in [3.05, 3.63) is 35.4 Å². The maximum absolute atomic E-state index is 11.5. The molecule has 0 saturated carbocycles. The van der Waals surface area contributed by atoms with Crippen LogP contribution in [0.1, 0.15) is 46.4 Å². The van der Waals surface area contributed by atoms with Gasteiger partial charge in [0.15, 0.2) is 5.69 Å². The number of rotatable bonds is 3.